The second-order valence-electron chi connectivity index (χ2n) is 5.70. The zero-order valence-electron chi connectivity index (χ0n) is 14.9. The Morgan fingerprint density at radius 1 is 1.17 bits per heavy atom. The molecule has 4 aromatic rings. The number of rotatable bonds is 3. The third-order valence-corrected chi connectivity index (χ3v) is 3.74. The number of aromatic nitrogens is 3. The number of hydrogen-bond donors (Lipinski definition) is 2. The van der Waals surface area contributed by atoms with Gasteiger partial charge in [0.2, 0.25) is 5.89 Å². The molecule has 0 aliphatic carbocycles. The molecule has 150 valence electrons. The highest BCUT2D eigenvalue weighted by atomic mass is 19.4. The van der Waals surface area contributed by atoms with Gasteiger partial charge < -0.3 is 19.2 Å². The fourth-order valence-corrected chi connectivity index (χ4v) is 2.37. The predicted molar refractivity (Wildman–Crippen MR) is 97.3 cm³/mol. The number of carbonyl (C=O) groups is 1. The van der Waals surface area contributed by atoms with E-state index in [2.05, 4.69) is 15.0 Å². The van der Waals surface area contributed by atoms with Gasteiger partial charge in [-0.2, -0.15) is 13.2 Å². The molecule has 3 heterocycles. The number of methoxy groups -OCH3 is 1. The number of nitrogens with zero attached hydrogens (tertiary/aromatic N) is 2. The van der Waals surface area contributed by atoms with Gasteiger partial charge in [-0.05, 0) is 35.9 Å². The van der Waals surface area contributed by atoms with Crippen LogP contribution in [-0.2, 0) is 4.79 Å². The van der Waals surface area contributed by atoms with Crippen molar-refractivity contribution in [2.24, 2.45) is 0 Å². The molecule has 10 heteroatoms. The first-order valence-electron chi connectivity index (χ1n) is 8.12. The molecule has 0 saturated heterocycles. The number of oxazole rings is 1. The third kappa shape index (κ3) is 4.72. The van der Waals surface area contributed by atoms with Gasteiger partial charge in [0, 0.05) is 18.0 Å². The summed E-state index contributed by atoms with van der Waals surface area (Å²) in [6.07, 6.45) is 0.239. The maximum atomic E-state index is 10.6. The van der Waals surface area contributed by atoms with Crippen LogP contribution in [-0.4, -0.2) is 39.3 Å². The second-order valence-corrected chi connectivity index (χ2v) is 5.70. The van der Waals surface area contributed by atoms with E-state index in [1.54, 1.807) is 19.5 Å². The molecule has 2 N–H and O–H groups in total. The van der Waals surface area contributed by atoms with E-state index in [0.717, 1.165) is 33.7 Å². The Bertz CT molecular complexity index is 1120. The highest BCUT2D eigenvalue weighted by molar-refractivity contribution is 5.82. The Kier molecular flexibility index (Phi) is 5.53. The Labute approximate surface area is 161 Å². The van der Waals surface area contributed by atoms with Gasteiger partial charge in [-0.15, -0.1) is 0 Å². The van der Waals surface area contributed by atoms with E-state index in [-0.39, 0.29) is 0 Å². The van der Waals surface area contributed by atoms with Gasteiger partial charge in [-0.25, -0.2) is 9.78 Å². The first kappa shape index (κ1) is 19.9. The normalized spacial score (nSPS) is 11.0. The van der Waals surface area contributed by atoms with Gasteiger partial charge in [0.25, 0.3) is 0 Å². The molecule has 0 fully saturated rings. The summed E-state index contributed by atoms with van der Waals surface area (Å²) < 4.78 is 42.8. The lowest BCUT2D eigenvalue weighted by molar-refractivity contribution is -0.192. The highest BCUT2D eigenvalue weighted by Gasteiger charge is 2.38. The van der Waals surface area contributed by atoms with Crippen LogP contribution in [0.5, 0.6) is 5.75 Å². The van der Waals surface area contributed by atoms with Gasteiger partial charge in [0.15, 0.2) is 5.58 Å². The Morgan fingerprint density at radius 3 is 2.55 bits per heavy atom. The van der Waals surface area contributed by atoms with Gasteiger partial charge in [-0.3, -0.25) is 4.98 Å². The monoisotopic (exact) mass is 405 g/mol. The van der Waals surface area contributed by atoms with Crippen molar-refractivity contribution in [2.45, 2.75) is 6.18 Å². The average Bonchev–Trinajstić information content (AvgIpc) is 3.36. The number of H-pyrrole nitrogens is 1. The number of aromatic amines is 1. The number of ether oxygens (including phenoxy) is 1. The summed E-state index contributed by atoms with van der Waals surface area (Å²) in [4.78, 5) is 20.7. The van der Waals surface area contributed by atoms with Crippen molar-refractivity contribution in [1.29, 1.82) is 0 Å². The van der Waals surface area contributed by atoms with Crippen molar-refractivity contribution < 1.29 is 32.2 Å². The maximum absolute atomic E-state index is 10.6. The van der Waals surface area contributed by atoms with E-state index in [4.69, 9.17) is 19.1 Å². The fraction of sp³-hybridized carbons (Fsp3) is 0.105. The standard InChI is InChI=1S/C17H13N3O2.C2HF3O2/c1-21-13-7-12(9-18-10-13)11-4-5-14-16(8-11)22-17(20-14)15-3-2-6-19-15;3-2(4,5)1(6)7/h2-10,19H,1H3;(H,6,7). The summed E-state index contributed by atoms with van der Waals surface area (Å²) >= 11 is 0. The average molecular weight is 405 g/mol. The number of carboxylic acid groups (broad SMARTS) is 1. The smallest absolute Gasteiger partial charge is 0.490 e. The first-order chi connectivity index (χ1) is 13.8. The SMILES string of the molecule is COc1cncc(-c2ccc3nc(-c4ccc[nH]4)oc3c2)c1.O=C(O)C(F)(F)F. The molecule has 0 unspecified atom stereocenters. The number of halogens is 3. The predicted octanol–water partition coefficient (Wildman–Crippen LogP) is 4.53. The molecule has 1 aromatic carbocycles. The summed E-state index contributed by atoms with van der Waals surface area (Å²) in [6, 6.07) is 11.7. The molecular weight excluding hydrogens is 391 g/mol. The summed E-state index contributed by atoms with van der Waals surface area (Å²) in [7, 11) is 1.63. The van der Waals surface area contributed by atoms with Crippen LogP contribution >= 0.6 is 0 Å². The first-order valence-corrected chi connectivity index (χ1v) is 8.12. The zero-order valence-corrected chi connectivity index (χ0v) is 14.9. The van der Waals surface area contributed by atoms with Crippen molar-refractivity contribution in [2.75, 3.05) is 7.11 Å². The summed E-state index contributed by atoms with van der Waals surface area (Å²) in [6.45, 7) is 0. The fourth-order valence-electron chi connectivity index (χ4n) is 2.37. The lowest BCUT2D eigenvalue weighted by atomic mass is 10.1. The van der Waals surface area contributed by atoms with Crippen molar-refractivity contribution in [3.63, 3.8) is 0 Å². The molecule has 0 atom stereocenters. The van der Waals surface area contributed by atoms with Gasteiger partial charge in [0.1, 0.15) is 17.0 Å². The number of pyridine rings is 1. The van der Waals surface area contributed by atoms with Gasteiger partial charge >= 0.3 is 12.1 Å². The molecule has 0 radical (unpaired) electrons. The van der Waals surface area contributed by atoms with Crippen molar-refractivity contribution in [1.82, 2.24) is 15.0 Å². The quantitative estimate of drug-likeness (QED) is 0.519. The number of carboxylic acids is 1. The van der Waals surface area contributed by atoms with E-state index >= 15 is 0 Å². The maximum Gasteiger partial charge on any atom is 0.490 e. The molecule has 0 aliphatic rings. The van der Waals surface area contributed by atoms with Crippen LogP contribution in [0.3, 0.4) is 0 Å². The molecule has 0 amide bonds. The van der Waals surface area contributed by atoms with Gasteiger partial charge in [-0.1, -0.05) is 6.07 Å². The summed E-state index contributed by atoms with van der Waals surface area (Å²) in [5, 5.41) is 7.12. The molecule has 0 saturated carbocycles. The topological polar surface area (TPSA) is 101 Å². The number of benzene rings is 1. The number of alkyl halides is 3. The van der Waals surface area contributed by atoms with Crippen molar-refractivity contribution in [3.05, 3.63) is 55.0 Å². The molecular formula is C19H14F3N3O4. The molecule has 7 nitrogen and oxygen atoms in total. The van der Waals surface area contributed by atoms with Crippen LogP contribution in [0.25, 0.3) is 33.8 Å². The minimum Gasteiger partial charge on any atom is -0.495 e. The van der Waals surface area contributed by atoms with E-state index < -0.39 is 12.1 Å². The molecule has 29 heavy (non-hydrogen) atoms. The van der Waals surface area contributed by atoms with E-state index in [9.17, 15) is 13.2 Å². The van der Waals surface area contributed by atoms with Crippen LogP contribution in [0, 0.1) is 0 Å². The van der Waals surface area contributed by atoms with Crippen molar-refractivity contribution >= 4 is 17.1 Å². The Hall–Kier alpha value is -3.82. The highest BCUT2D eigenvalue weighted by Crippen LogP contribution is 2.29. The summed E-state index contributed by atoms with van der Waals surface area (Å²) in [5.41, 5.74) is 4.40. The van der Waals surface area contributed by atoms with E-state index in [1.807, 2.05) is 42.6 Å². The van der Waals surface area contributed by atoms with Crippen molar-refractivity contribution in [3.8, 4) is 28.5 Å². The lowest BCUT2D eigenvalue weighted by Gasteiger charge is -2.03. The minimum atomic E-state index is -5.08. The van der Waals surface area contributed by atoms with Crippen LogP contribution in [0.2, 0.25) is 0 Å². The van der Waals surface area contributed by atoms with Crippen LogP contribution < -0.4 is 4.74 Å². The zero-order chi connectivity index (χ0) is 21.0. The summed E-state index contributed by atoms with van der Waals surface area (Å²) in [5.74, 6) is -1.45. The molecule has 0 spiro atoms. The molecule has 4 rings (SSSR count). The molecule has 0 bridgehead atoms. The van der Waals surface area contributed by atoms with Crippen LogP contribution in [0.15, 0.2) is 59.4 Å². The number of fused-ring (bicyclic) bond motifs is 1. The van der Waals surface area contributed by atoms with Crippen LogP contribution in [0.1, 0.15) is 0 Å². The largest absolute Gasteiger partial charge is 0.495 e. The number of aliphatic carboxylic acids is 1. The van der Waals surface area contributed by atoms with E-state index in [0.29, 0.717) is 5.89 Å². The number of hydrogen-bond acceptors (Lipinski definition) is 5. The minimum absolute atomic E-state index is 0.584. The number of nitrogens with one attached hydrogen (secondary N) is 1. The van der Waals surface area contributed by atoms with Gasteiger partial charge in [0.05, 0.1) is 13.3 Å². The molecule has 0 aliphatic heterocycles. The second kappa shape index (κ2) is 8.05. The van der Waals surface area contributed by atoms with E-state index in [1.165, 1.54) is 0 Å². The third-order valence-electron chi connectivity index (χ3n) is 3.74. The van der Waals surface area contributed by atoms with Crippen LogP contribution in [0.4, 0.5) is 13.2 Å². The lowest BCUT2D eigenvalue weighted by Crippen LogP contribution is -2.21. The molecule has 3 aromatic heterocycles. The Morgan fingerprint density at radius 2 is 1.93 bits per heavy atom. The Balaban J connectivity index is 0.000000298.